The Morgan fingerprint density at radius 1 is 0.600 bits per heavy atom. The standard InChI is InChI=1S/C32H48N2O6/c35-27(36)25-19-23(17-21-7-3-1-4-8-21)11-13-31(25)29(39)33(31)15-16-34-30(40)32(34)14-12-24(20-26(32)28(37)38)18-22-9-5-2-6-10-22/h21-26H,1-20H2,(H,35,36)(H,37,38). The maximum atomic E-state index is 13.2. The summed E-state index contributed by atoms with van der Waals surface area (Å²) in [4.78, 5) is 54.5. The van der Waals surface area contributed by atoms with Crippen LogP contribution in [0.3, 0.4) is 0 Å². The van der Waals surface area contributed by atoms with Gasteiger partial charge in [0.1, 0.15) is 11.1 Å². The van der Waals surface area contributed by atoms with Gasteiger partial charge in [0.15, 0.2) is 0 Å². The monoisotopic (exact) mass is 556 g/mol. The molecule has 2 spiro atoms. The first kappa shape index (κ1) is 28.0. The van der Waals surface area contributed by atoms with Crippen molar-refractivity contribution >= 4 is 23.8 Å². The predicted molar refractivity (Wildman–Crippen MR) is 148 cm³/mol. The lowest BCUT2D eigenvalue weighted by molar-refractivity contribution is -0.147. The zero-order valence-electron chi connectivity index (χ0n) is 24.0. The topological polar surface area (TPSA) is 115 Å². The van der Waals surface area contributed by atoms with E-state index in [1.54, 1.807) is 9.80 Å². The van der Waals surface area contributed by atoms with E-state index in [2.05, 4.69) is 0 Å². The van der Waals surface area contributed by atoms with Crippen LogP contribution in [0.5, 0.6) is 0 Å². The Bertz CT molecular complexity index is 939. The fraction of sp³-hybridized carbons (Fsp3) is 0.875. The number of nitrogens with zero attached hydrogens (tertiary/aromatic N) is 2. The van der Waals surface area contributed by atoms with Gasteiger partial charge in [0.2, 0.25) is 11.8 Å². The molecule has 6 unspecified atom stereocenters. The van der Waals surface area contributed by atoms with E-state index in [1.807, 2.05) is 0 Å². The van der Waals surface area contributed by atoms with Gasteiger partial charge in [0, 0.05) is 13.1 Å². The van der Waals surface area contributed by atoms with E-state index in [4.69, 9.17) is 0 Å². The lowest BCUT2D eigenvalue weighted by Crippen LogP contribution is -2.43. The third-order valence-electron chi connectivity index (χ3n) is 12.2. The maximum absolute atomic E-state index is 13.2. The molecule has 2 aliphatic heterocycles. The number of carbonyl (C=O) groups excluding carboxylic acids is 2. The van der Waals surface area contributed by atoms with Gasteiger partial charge in [0.05, 0.1) is 11.8 Å². The molecule has 0 radical (unpaired) electrons. The summed E-state index contributed by atoms with van der Waals surface area (Å²) in [6, 6.07) is 0. The van der Waals surface area contributed by atoms with Crippen molar-refractivity contribution in [2.75, 3.05) is 13.1 Å². The molecule has 2 amide bonds. The van der Waals surface area contributed by atoms with Crippen LogP contribution in [0.4, 0.5) is 0 Å². The van der Waals surface area contributed by atoms with Gasteiger partial charge in [-0.3, -0.25) is 19.2 Å². The summed E-state index contributed by atoms with van der Waals surface area (Å²) in [5.74, 6) is -1.22. The number of aliphatic carboxylic acids is 2. The fourth-order valence-corrected chi connectivity index (χ4v) is 9.92. The zero-order valence-corrected chi connectivity index (χ0v) is 24.0. The Labute approximate surface area is 238 Å². The number of rotatable bonds is 9. The number of amides is 2. The molecule has 0 bridgehead atoms. The lowest BCUT2D eigenvalue weighted by atomic mass is 9.69. The van der Waals surface area contributed by atoms with Crippen LogP contribution in [-0.2, 0) is 19.2 Å². The molecule has 0 aromatic heterocycles. The Hall–Kier alpha value is -2.12. The van der Waals surface area contributed by atoms with Gasteiger partial charge in [-0.15, -0.1) is 0 Å². The molecule has 6 aliphatic rings. The van der Waals surface area contributed by atoms with Gasteiger partial charge in [-0.2, -0.15) is 0 Å². The normalized spacial score (nSPS) is 38.7. The molecule has 6 atom stereocenters. The fourth-order valence-electron chi connectivity index (χ4n) is 9.92. The molecule has 2 saturated heterocycles. The third-order valence-corrected chi connectivity index (χ3v) is 12.2. The van der Waals surface area contributed by atoms with Crippen LogP contribution >= 0.6 is 0 Å². The van der Waals surface area contributed by atoms with E-state index in [0.29, 0.717) is 62.4 Å². The number of carbonyl (C=O) groups is 4. The molecule has 8 nitrogen and oxygen atoms in total. The lowest BCUT2D eigenvalue weighted by Gasteiger charge is -2.36. The summed E-state index contributed by atoms with van der Waals surface area (Å²) in [7, 11) is 0. The number of hydrogen-bond acceptors (Lipinski definition) is 4. The highest BCUT2D eigenvalue weighted by Gasteiger charge is 2.72. The molecule has 8 heteroatoms. The Morgan fingerprint density at radius 3 is 1.32 bits per heavy atom. The van der Waals surface area contributed by atoms with Crippen molar-refractivity contribution in [2.45, 2.75) is 127 Å². The van der Waals surface area contributed by atoms with E-state index in [-0.39, 0.29) is 11.8 Å². The minimum absolute atomic E-state index is 0.0923. The average Bonchev–Trinajstić information content (AvgIpc) is 3.73. The highest BCUT2D eigenvalue weighted by Crippen LogP contribution is 2.55. The second-order valence-corrected chi connectivity index (χ2v) is 14.3. The van der Waals surface area contributed by atoms with Crippen LogP contribution in [-0.4, -0.2) is 67.9 Å². The molecule has 6 fully saturated rings. The summed E-state index contributed by atoms with van der Waals surface area (Å²) < 4.78 is 0. The Morgan fingerprint density at radius 2 is 0.975 bits per heavy atom. The van der Waals surface area contributed by atoms with E-state index >= 15 is 0 Å². The molecule has 2 N–H and O–H groups in total. The summed E-state index contributed by atoms with van der Waals surface area (Å²) in [5.41, 5.74) is -1.85. The zero-order chi connectivity index (χ0) is 28.1. The minimum atomic E-state index is -0.926. The average molecular weight is 557 g/mol. The van der Waals surface area contributed by atoms with Crippen molar-refractivity contribution in [1.29, 1.82) is 0 Å². The number of hydrogen-bond donors (Lipinski definition) is 2. The van der Waals surface area contributed by atoms with Crippen molar-refractivity contribution in [3.63, 3.8) is 0 Å². The molecule has 2 heterocycles. The molecule has 6 rings (SSSR count). The summed E-state index contributed by atoms with van der Waals surface area (Å²) in [5, 5.41) is 20.3. The predicted octanol–water partition coefficient (Wildman–Crippen LogP) is 5.09. The Balaban J connectivity index is 1.06. The molecular weight excluding hydrogens is 508 g/mol. The summed E-state index contributed by atoms with van der Waals surface area (Å²) in [6.45, 7) is 0.614. The number of carboxylic acids is 2. The molecule has 0 aromatic rings. The van der Waals surface area contributed by atoms with Gasteiger partial charge in [-0.05, 0) is 75.0 Å². The van der Waals surface area contributed by atoms with Crippen molar-refractivity contribution in [3.05, 3.63) is 0 Å². The Kier molecular flexibility index (Phi) is 7.66. The van der Waals surface area contributed by atoms with Crippen LogP contribution in [0.25, 0.3) is 0 Å². The smallest absolute Gasteiger partial charge is 0.309 e. The molecule has 0 aromatic carbocycles. The second kappa shape index (κ2) is 10.9. The van der Waals surface area contributed by atoms with E-state index in [0.717, 1.165) is 25.7 Å². The van der Waals surface area contributed by atoms with E-state index in [9.17, 15) is 29.4 Å². The first-order valence-electron chi connectivity index (χ1n) is 16.4. The van der Waals surface area contributed by atoms with Crippen LogP contribution in [0.1, 0.15) is 116 Å². The van der Waals surface area contributed by atoms with Crippen molar-refractivity contribution in [1.82, 2.24) is 9.80 Å². The van der Waals surface area contributed by atoms with Crippen molar-refractivity contribution in [3.8, 4) is 0 Å². The summed E-state index contributed by atoms with van der Waals surface area (Å²) >= 11 is 0. The van der Waals surface area contributed by atoms with Crippen LogP contribution in [0, 0.1) is 35.5 Å². The molecule has 4 saturated carbocycles. The third kappa shape index (κ3) is 4.85. The van der Waals surface area contributed by atoms with E-state index in [1.165, 1.54) is 64.2 Å². The first-order valence-corrected chi connectivity index (χ1v) is 16.4. The molecular formula is C32H48N2O6. The highest BCUT2D eigenvalue weighted by atomic mass is 16.4. The molecule has 4 aliphatic carbocycles. The van der Waals surface area contributed by atoms with Crippen molar-refractivity contribution in [2.24, 2.45) is 35.5 Å². The van der Waals surface area contributed by atoms with Gasteiger partial charge >= 0.3 is 11.9 Å². The number of carboxylic acid groups (broad SMARTS) is 2. The van der Waals surface area contributed by atoms with Gasteiger partial charge in [-0.25, -0.2) is 0 Å². The second-order valence-electron chi connectivity index (χ2n) is 14.3. The van der Waals surface area contributed by atoms with Crippen molar-refractivity contribution < 1.29 is 29.4 Å². The maximum Gasteiger partial charge on any atom is 0.309 e. The van der Waals surface area contributed by atoms with Gasteiger partial charge in [0.25, 0.3) is 0 Å². The molecule has 40 heavy (non-hydrogen) atoms. The SMILES string of the molecule is O=C(O)C1CC(CC2CCCCC2)CCC12C(=O)N2CCN1C(=O)C12CCC(CC1CCCCC1)CC2C(=O)O. The largest absolute Gasteiger partial charge is 0.481 e. The van der Waals surface area contributed by atoms with Crippen LogP contribution in [0.15, 0.2) is 0 Å². The van der Waals surface area contributed by atoms with Crippen LogP contribution < -0.4 is 0 Å². The quantitative estimate of drug-likeness (QED) is 0.382. The summed E-state index contributed by atoms with van der Waals surface area (Å²) in [6.07, 6.45) is 18.9. The van der Waals surface area contributed by atoms with Gasteiger partial charge in [-0.1, -0.05) is 64.2 Å². The minimum Gasteiger partial charge on any atom is -0.481 e. The van der Waals surface area contributed by atoms with E-state index < -0.39 is 34.9 Å². The first-order chi connectivity index (χ1) is 19.3. The highest BCUT2D eigenvalue weighted by molar-refractivity contribution is 6.07. The molecule has 222 valence electrons. The van der Waals surface area contributed by atoms with Crippen LogP contribution in [0.2, 0.25) is 0 Å². The van der Waals surface area contributed by atoms with Gasteiger partial charge < -0.3 is 20.0 Å².